The van der Waals surface area contributed by atoms with Crippen molar-refractivity contribution in [1.82, 2.24) is 9.71 Å². The number of ether oxygens (including phenoxy) is 3. The summed E-state index contributed by atoms with van der Waals surface area (Å²) in [4.78, 5) is 36.1. The quantitative estimate of drug-likeness (QED) is 0.321. The monoisotopic (exact) mass is 536 g/mol. The Morgan fingerprint density at radius 3 is 2.23 bits per heavy atom. The molecule has 1 aromatic heterocycles. The van der Waals surface area contributed by atoms with E-state index in [1.807, 2.05) is 24.3 Å². The van der Waals surface area contributed by atoms with E-state index < -0.39 is 11.5 Å². The second-order valence-electron chi connectivity index (χ2n) is 7.26. The number of hydrogen-bond donors (Lipinski definition) is 0. The van der Waals surface area contributed by atoms with Gasteiger partial charge in [0.15, 0.2) is 17.3 Å². The van der Waals surface area contributed by atoms with Gasteiger partial charge in [-0.1, -0.05) is 40.2 Å². The van der Waals surface area contributed by atoms with Crippen LogP contribution < -0.4 is 24.6 Å². The molecule has 4 rings (SSSR count). The molecule has 0 bridgehead atoms. The summed E-state index contributed by atoms with van der Waals surface area (Å²) in [5.74, 6) is 0.441. The predicted molar refractivity (Wildman–Crippen MR) is 136 cm³/mol. The Kier molecular flexibility index (Phi) is 7.17. The van der Waals surface area contributed by atoms with Crippen molar-refractivity contribution >= 4 is 38.9 Å². The Morgan fingerprint density at radius 2 is 1.60 bits per heavy atom. The van der Waals surface area contributed by atoms with Crippen molar-refractivity contribution in [3.63, 3.8) is 0 Å². The first-order valence-electron chi connectivity index (χ1n) is 10.4. The summed E-state index contributed by atoms with van der Waals surface area (Å²) in [6.45, 7) is 0. The van der Waals surface area contributed by atoms with Gasteiger partial charge >= 0.3 is 5.97 Å². The second kappa shape index (κ2) is 10.4. The van der Waals surface area contributed by atoms with Crippen LogP contribution >= 0.6 is 15.9 Å². The Bertz CT molecular complexity index is 1450. The number of halogens is 1. The molecular weight excluding hydrogens is 516 g/mol. The lowest BCUT2D eigenvalue weighted by atomic mass is 10.1. The maximum absolute atomic E-state index is 13.3. The van der Waals surface area contributed by atoms with Crippen LogP contribution in [-0.2, 0) is 4.79 Å². The molecule has 0 aliphatic heterocycles. The van der Waals surface area contributed by atoms with Crippen LogP contribution in [0.25, 0.3) is 28.4 Å². The lowest BCUT2D eigenvalue weighted by molar-refractivity contribution is -0.138. The van der Waals surface area contributed by atoms with Crippen LogP contribution in [0, 0.1) is 0 Å². The molecule has 0 saturated carbocycles. The molecule has 9 heteroatoms. The van der Waals surface area contributed by atoms with Crippen LogP contribution in [0.1, 0.15) is 5.56 Å². The fourth-order valence-electron chi connectivity index (χ4n) is 3.45. The maximum atomic E-state index is 13.3. The highest BCUT2D eigenvalue weighted by Crippen LogP contribution is 2.40. The maximum Gasteiger partial charge on any atom is 0.356 e. The number of hydrogen-bond acceptors (Lipinski definition) is 7. The zero-order valence-electron chi connectivity index (χ0n) is 19.2. The third-order valence-corrected chi connectivity index (χ3v) is 5.65. The van der Waals surface area contributed by atoms with Crippen molar-refractivity contribution in [1.29, 1.82) is 0 Å². The summed E-state index contributed by atoms with van der Waals surface area (Å²) < 4.78 is 18.0. The number of methoxy groups -OCH3 is 3. The zero-order valence-corrected chi connectivity index (χ0v) is 20.7. The molecule has 0 aliphatic carbocycles. The molecular formula is C26H21BrN2O6. The molecule has 0 spiro atoms. The van der Waals surface area contributed by atoms with Gasteiger partial charge in [-0.3, -0.25) is 4.79 Å². The number of rotatable bonds is 7. The topological polar surface area (TPSA) is 88.9 Å². The molecule has 0 aliphatic rings. The van der Waals surface area contributed by atoms with Gasteiger partial charge in [-0.05, 0) is 48.0 Å². The number of carbonyl (C=O) groups is 1. The minimum Gasteiger partial charge on any atom is -0.493 e. The van der Waals surface area contributed by atoms with E-state index in [0.717, 1.165) is 14.8 Å². The van der Waals surface area contributed by atoms with Crippen LogP contribution in [-0.4, -0.2) is 37.0 Å². The highest BCUT2D eigenvalue weighted by molar-refractivity contribution is 9.10. The largest absolute Gasteiger partial charge is 0.493 e. The number of aromatic nitrogens is 2. The van der Waals surface area contributed by atoms with Gasteiger partial charge in [0.2, 0.25) is 5.75 Å². The highest BCUT2D eigenvalue weighted by atomic mass is 79.9. The first kappa shape index (κ1) is 24.0. The number of benzene rings is 3. The summed E-state index contributed by atoms with van der Waals surface area (Å²) >= 11 is 3.37. The van der Waals surface area contributed by atoms with Crippen LogP contribution in [0.5, 0.6) is 17.2 Å². The smallest absolute Gasteiger partial charge is 0.356 e. The normalized spacial score (nSPS) is 11.0. The van der Waals surface area contributed by atoms with Crippen LogP contribution in [0.15, 0.2) is 76.0 Å². The van der Waals surface area contributed by atoms with Gasteiger partial charge in [-0.25, -0.2) is 9.78 Å². The van der Waals surface area contributed by atoms with Gasteiger partial charge in [0.25, 0.3) is 5.56 Å². The number of nitrogens with zero attached hydrogens (tertiary/aromatic N) is 2. The molecule has 178 valence electrons. The molecule has 1 heterocycles. The fourth-order valence-corrected chi connectivity index (χ4v) is 3.72. The van der Waals surface area contributed by atoms with Crippen LogP contribution in [0.3, 0.4) is 0 Å². The number of carbonyl (C=O) groups excluding carboxylic acids is 1. The van der Waals surface area contributed by atoms with Crippen LogP contribution in [0.2, 0.25) is 0 Å². The van der Waals surface area contributed by atoms with E-state index >= 15 is 0 Å². The summed E-state index contributed by atoms with van der Waals surface area (Å²) in [6.07, 6.45) is 2.83. The van der Waals surface area contributed by atoms with Gasteiger partial charge in [-0.15, -0.1) is 4.73 Å². The van der Waals surface area contributed by atoms with Gasteiger partial charge in [0.05, 0.1) is 32.2 Å². The molecule has 0 N–H and O–H groups in total. The minimum atomic E-state index is -0.749. The van der Waals surface area contributed by atoms with Crippen molar-refractivity contribution in [2.45, 2.75) is 0 Å². The van der Waals surface area contributed by atoms with E-state index in [-0.39, 0.29) is 5.82 Å². The van der Waals surface area contributed by atoms with E-state index in [9.17, 15) is 9.59 Å². The predicted octanol–water partition coefficient (Wildman–Crippen LogP) is 4.52. The highest BCUT2D eigenvalue weighted by Gasteiger charge is 2.20. The Morgan fingerprint density at radius 1 is 0.943 bits per heavy atom. The lowest BCUT2D eigenvalue weighted by Gasteiger charge is -2.16. The minimum absolute atomic E-state index is 0.0957. The van der Waals surface area contributed by atoms with E-state index in [1.165, 1.54) is 27.4 Å². The molecule has 35 heavy (non-hydrogen) atoms. The van der Waals surface area contributed by atoms with E-state index in [1.54, 1.807) is 42.5 Å². The first-order valence-corrected chi connectivity index (χ1v) is 11.2. The van der Waals surface area contributed by atoms with Crippen molar-refractivity contribution < 1.29 is 23.8 Å². The Balaban J connectivity index is 1.83. The lowest BCUT2D eigenvalue weighted by Crippen LogP contribution is -2.32. The molecule has 0 radical (unpaired) electrons. The third-order valence-electron chi connectivity index (χ3n) is 5.12. The second-order valence-corrected chi connectivity index (χ2v) is 8.18. The van der Waals surface area contributed by atoms with Gasteiger partial charge in [-0.2, -0.15) is 0 Å². The zero-order chi connectivity index (χ0) is 24.9. The number of fused-ring (bicyclic) bond motifs is 1. The van der Waals surface area contributed by atoms with Crippen molar-refractivity contribution in [2.75, 3.05) is 21.3 Å². The first-order chi connectivity index (χ1) is 16.9. The summed E-state index contributed by atoms with van der Waals surface area (Å²) in [7, 11) is 4.45. The molecule has 0 fully saturated rings. The van der Waals surface area contributed by atoms with E-state index in [0.29, 0.717) is 33.7 Å². The van der Waals surface area contributed by atoms with Gasteiger partial charge in [0.1, 0.15) is 0 Å². The summed E-state index contributed by atoms with van der Waals surface area (Å²) in [5, 5.41) is 0.299. The van der Waals surface area contributed by atoms with Gasteiger partial charge in [0, 0.05) is 16.1 Å². The molecule has 0 atom stereocenters. The van der Waals surface area contributed by atoms with Gasteiger partial charge < -0.3 is 19.0 Å². The molecule has 0 saturated heterocycles. The third kappa shape index (κ3) is 5.04. The standard InChI is InChI=1S/C26H21BrN2O6/c1-32-21-14-17(15-22(33-2)24(21)34-3)25-28-20-7-5-4-6-19(20)26(31)29(25)35-23(30)13-10-16-8-11-18(27)12-9-16/h4-15H,1-3H3/b13-10+. The molecule has 4 aromatic rings. The average molecular weight is 537 g/mol. The van der Waals surface area contributed by atoms with Crippen LogP contribution in [0.4, 0.5) is 0 Å². The summed E-state index contributed by atoms with van der Waals surface area (Å²) in [5.41, 5.74) is 1.12. The van der Waals surface area contributed by atoms with Crippen molar-refractivity contribution in [3.8, 4) is 28.6 Å². The number of para-hydroxylation sites is 1. The Labute approximate surface area is 209 Å². The van der Waals surface area contributed by atoms with E-state index in [4.69, 9.17) is 19.0 Å². The summed E-state index contributed by atoms with van der Waals surface area (Å²) in [6, 6.07) is 17.4. The van der Waals surface area contributed by atoms with Crippen molar-refractivity contribution in [3.05, 3.63) is 87.1 Å². The van der Waals surface area contributed by atoms with E-state index in [2.05, 4.69) is 20.9 Å². The molecule has 0 unspecified atom stereocenters. The molecule has 8 nitrogen and oxygen atoms in total. The molecule has 3 aromatic carbocycles. The van der Waals surface area contributed by atoms with Crippen molar-refractivity contribution in [2.24, 2.45) is 0 Å². The fraction of sp³-hybridized carbons (Fsp3) is 0.115. The Hall–Kier alpha value is -4.11. The average Bonchev–Trinajstić information content (AvgIpc) is 2.89. The molecule has 0 amide bonds. The SMILES string of the molecule is COc1cc(-c2nc3ccccc3c(=O)n2OC(=O)/C=C/c2ccc(Br)cc2)cc(OC)c1OC.